The third-order valence-electron chi connectivity index (χ3n) is 4.85. The van der Waals surface area contributed by atoms with Crippen molar-refractivity contribution in [3.8, 4) is 10.7 Å². The first-order valence-corrected chi connectivity index (χ1v) is 12.5. The molecule has 2 heterocycles. The van der Waals surface area contributed by atoms with Gasteiger partial charge in [0.25, 0.3) is 0 Å². The van der Waals surface area contributed by atoms with E-state index >= 15 is 0 Å². The van der Waals surface area contributed by atoms with E-state index in [9.17, 15) is 4.79 Å². The lowest BCUT2D eigenvalue weighted by molar-refractivity contribution is -0.113. The van der Waals surface area contributed by atoms with Crippen LogP contribution in [0.4, 0.5) is 0 Å². The van der Waals surface area contributed by atoms with Gasteiger partial charge in [0.1, 0.15) is 16.5 Å². The highest BCUT2D eigenvalue weighted by Crippen LogP contribution is 2.29. The van der Waals surface area contributed by atoms with Gasteiger partial charge in [0.05, 0.1) is 23.9 Å². The molecule has 2 rings (SSSR count). The summed E-state index contributed by atoms with van der Waals surface area (Å²) in [4.78, 5) is 20.7. The molecule has 0 aliphatic carbocycles. The van der Waals surface area contributed by atoms with Crippen LogP contribution in [0.2, 0.25) is 0 Å². The number of methoxy groups -OCH3 is 2. The molecule has 178 valence electrons. The molecule has 0 bridgehead atoms. The van der Waals surface area contributed by atoms with Gasteiger partial charge in [0.15, 0.2) is 0 Å². The predicted molar refractivity (Wildman–Crippen MR) is 138 cm³/mol. The highest BCUT2D eigenvalue weighted by atomic mass is 32.1. The minimum Gasteiger partial charge on any atom is -0.501 e. The van der Waals surface area contributed by atoms with Gasteiger partial charge in [-0.2, -0.15) is 0 Å². The molecule has 6 nitrogen and oxygen atoms in total. The Labute approximate surface area is 204 Å². The third-order valence-corrected chi connectivity index (χ3v) is 6.78. The SMILES string of the molecule is COC(=CC(N)=O)[C@H](C)[C@H](/C=C/c1csc(-c2csc([C@@H](C)/C=C/C=C/C(C)C)n2)n1)OC. The lowest BCUT2D eigenvalue weighted by atomic mass is 10.0. The van der Waals surface area contributed by atoms with E-state index < -0.39 is 5.91 Å². The monoisotopic (exact) mass is 487 g/mol. The van der Waals surface area contributed by atoms with Crippen molar-refractivity contribution in [3.63, 3.8) is 0 Å². The second-order valence-electron chi connectivity index (χ2n) is 7.95. The largest absolute Gasteiger partial charge is 0.501 e. The molecular weight excluding hydrogens is 454 g/mol. The number of thiazole rings is 2. The normalized spacial score (nSPS) is 15.7. The van der Waals surface area contributed by atoms with Gasteiger partial charge in [-0.1, -0.05) is 58.1 Å². The van der Waals surface area contributed by atoms with E-state index in [1.165, 1.54) is 13.2 Å². The number of hydrogen-bond acceptors (Lipinski definition) is 7. The van der Waals surface area contributed by atoms with Crippen LogP contribution in [0, 0.1) is 11.8 Å². The molecule has 2 aromatic rings. The minimum atomic E-state index is -0.555. The van der Waals surface area contributed by atoms with E-state index in [-0.39, 0.29) is 17.9 Å². The molecule has 3 atom stereocenters. The Kier molecular flexibility index (Phi) is 10.7. The van der Waals surface area contributed by atoms with Gasteiger partial charge < -0.3 is 15.2 Å². The van der Waals surface area contributed by atoms with E-state index in [0.29, 0.717) is 11.7 Å². The Balaban J connectivity index is 2.09. The quantitative estimate of drug-likeness (QED) is 0.232. The van der Waals surface area contributed by atoms with Crippen molar-refractivity contribution in [2.24, 2.45) is 17.6 Å². The lowest BCUT2D eigenvalue weighted by Gasteiger charge is -2.21. The van der Waals surface area contributed by atoms with Crippen molar-refractivity contribution in [2.75, 3.05) is 14.2 Å². The number of allylic oxidation sites excluding steroid dienone is 4. The molecule has 2 aromatic heterocycles. The average molecular weight is 488 g/mol. The van der Waals surface area contributed by atoms with E-state index in [4.69, 9.17) is 25.2 Å². The van der Waals surface area contributed by atoms with Crippen LogP contribution in [0.15, 0.2) is 53.0 Å². The number of carbonyl (C=O) groups excluding carboxylic acids is 1. The number of ether oxygens (including phenoxy) is 2. The summed E-state index contributed by atoms with van der Waals surface area (Å²) < 4.78 is 10.9. The van der Waals surface area contributed by atoms with Gasteiger partial charge in [0.2, 0.25) is 5.91 Å². The topological polar surface area (TPSA) is 87.3 Å². The van der Waals surface area contributed by atoms with Crippen LogP contribution in [-0.2, 0) is 14.3 Å². The molecule has 0 aliphatic heterocycles. The number of aromatic nitrogens is 2. The van der Waals surface area contributed by atoms with Crippen LogP contribution in [0.25, 0.3) is 16.8 Å². The molecule has 0 radical (unpaired) electrons. The fraction of sp³-hybridized carbons (Fsp3) is 0.400. The van der Waals surface area contributed by atoms with Crippen LogP contribution >= 0.6 is 22.7 Å². The Morgan fingerprint density at radius 3 is 2.39 bits per heavy atom. The average Bonchev–Trinajstić information content (AvgIpc) is 3.44. The Bertz CT molecular complexity index is 1020. The number of primary amides is 1. The molecule has 1 amide bonds. The van der Waals surface area contributed by atoms with Crippen LogP contribution in [0.3, 0.4) is 0 Å². The fourth-order valence-corrected chi connectivity index (χ4v) is 4.66. The lowest BCUT2D eigenvalue weighted by Crippen LogP contribution is -2.22. The predicted octanol–water partition coefficient (Wildman–Crippen LogP) is 5.82. The van der Waals surface area contributed by atoms with Crippen molar-refractivity contribution in [1.29, 1.82) is 0 Å². The number of carbonyl (C=O) groups is 1. The minimum absolute atomic E-state index is 0.187. The summed E-state index contributed by atoms with van der Waals surface area (Å²) in [5, 5.41) is 5.98. The maximum Gasteiger partial charge on any atom is 0.244 e. The molecule has 2 N–H and O–H groups in total. The molecule has 8 heteroatoms. The van der Waals surface area contributed by atoms with E-state index in [1.807, 2.05) is 24.5 Å². The van der Waals surface area contributed by atoms with E-state index in [0.717, 1.165) is 21.4 Å². The first-order valence-electron chi connectivity index (χ1n) is 10.8. The van der Waals surface area contributed by atoms with Crippen molar-refractivity contribution in [2.45, 2.75) is 39.7 Å². The summed E-state index contributed by atoms with van der Waals surface area (Å²) in [6.45, 7) is 8.37. The molecule has 0 aromatic carbocycles. The molecule has 0 aliphatic rings. The molecule has 0 spiro atoms. The summed E-state index contributed by atoms with van der Waals surface area (Å²) in [7, 11) is 3.12. The maximum absolute atomic E-state index is 11.2. The zero-order chi connectivity index (χ0) is 24.4. The van der Waals surface area contributed by atoms with E-state index in [1.54, 1.807) is 29.8 Å². The van der Waals surface area contributed by atoms with Gasteiger partial charge in [-0.05, 0) is 12.0 Å². The molecule has 0 saturated heterocycles. The second kappa shape index (κ2) is 13.2. The second-order valence-corrected chi connectivity index (χ2v) is 9.70. The zero-order valence-corrected chi connectivity index (χ0v) is 21.7. The smallest absolute Gasteiger partial charge is 0.244 e. The summed E-state index contributed by atoms with van der Waals surface area (Å²) in [5.41, 5.74) is 6.97. The van der Waals surface area contributed by atoms with Gasteiger partial charge in [-0.3, -0.25) is 4.79 Å². The highest BCUT2D eigenvalue weighted by Gasteiger charge is 2.20. The molecule has 33 heavy (non-hydrogen) atoms. The maximum atomic E-state index is 11.2. The standard InChI is InChI=1S/C25H33N3O3S2/c1-16(2)9-7-8-10-17(3)24-28-20(15-33-24)25-27-19(14-32-25)11-12-21(30-5)18(4)22(31-6)13-23(26)29/h7-18,21H,1-6H3,(H2,26,29)/b9-7+,10-8+,12-11+,22-13?/t17-,18+,21-/m0/s1. The summed E-state index contributed by atoms with van der Waals surface area (Å²) >= 11 is 3.20. The third kappa shape index (κ3) is 8.38. The van der Waals surface area contributed by atoms with Gasteiger partial charge in [-0.15, -0.1) is 22.7 Å². The van der Waals surface area contributed by atoms with Crippen molar-refractivity contribution in [1.82, 2.24) is 9.97 Å². The number of hydrogen-bond donors (Lipinski definition) is 1. The number of nitrogens with two attached hydrogens (primary N) is 1. The van der Waals surface area contributed by atoms with Gasteiger partial charge in [0, 0.05) is 35.8 Å². The van der Waals surface area contributed by atoms with Gasteiger partial charge in [-0.25, -0.2) is 9.97 Å². The number of nitrogens with zero attached hydrogens (tertiary/aromatic N) is 2. The number of amides is 1. The van der Waals surface area contributed by atoms with Crippen LogP contribution in [0.5, 0.6) is 0 Å². The van der Waals surface area contributed by atoms with Gasteiger partial charge >= 0.3 is 0 Å². The molecule has 0 saturated carbocycles. The van der Waals surface area contributed by atoms with Crippen LogP contribution in [0.1, 0.15) is 44.3 Å². The molecular formula is C25H33N3O3S2. The number of rotatable bonds is 12. The summed E-state index contributed by atoms with van der Waals surface area (Å²) in [6, 6.07) is 0. The summed E-state index contributed by atoms with van der Waals surface area (Å²) in [5.74, 6) is 0.512. The Morgan fingerprint density at radius 1 is 1.03 bits per heavy atom. The van der Waals surface area contributed by atoms with Crippen molar-refractivity contribution in [3.05, 3.63) is 63.7 Å². The first kappa shape index (κ1) is 26.7. The van der Waals surface area contributed by atoms with Crippen LogP contribution < -0.4 is 5.73 Å². The summed E-state index contributed by atoms with van der Waals surface area (Å²) in [6.07, 6.45) is 13.3. The molecule has 0 unspecified atom stereocenters. The van der Waals surface area contributed by atoms with E-state index in [2.05, 4.69) is 50.5 Å². The Morgan fingerprint density at radius 2 is 1.76 bits per heavy atom. The van der Waals surface area contributed by atoms with Crippen molar-refractivity contribution >= 4 is 34.7 Å². The zero-order valence-electron chi connectivity index (χ0n) is 20.0. The van der Waals surface area contributed by atoms with Crippen molar-refractivity contribution < 1.29 is 14.3 Å². The Hall–Kier alpha value is -2.55. The first-order chi connectivity index (χ1) is 15.7. The van der Waals surface area contributed by atoms with Crippen LogP contribution in [-0.4, -0.2) is 36.2 Å². The fourth-order valence-electron chi connectivity index (χ4n) is 3.00. The molecule has 0 fully saturated rings. The highest BCUT2D eigenvalue weighted by molar-refractivity contribution is 7.14.